The van der Waals surface area contributed by atoms with Crippen LogP contribution in [0.4, 0.5) is 0 Å². The van der Waals surface area contributed by atoms with Gasteiger partial charge in [-0.25, -0.2) is 29.3 Å². The van der Waals surface area contributed by atoms with E-state index in [2.05, 4.69) is 30.9 Å². The van der Waals surface area contributed by atoms with E-state index >= 15 is 0 Å². The van der Waals surface area contributed by atoms with Crippen molar-refractivity contribution >= 4 is 35.6 Å². The summed E-state index contributed by atoms with van der Waals surface area (Å²) in [7, 11) is 3.96. The Labute approximate surface area is 558 Å². The van der Waals surface area contributed by atoms with Gasteiger partial charge in [0.15, 0.2) is 69.7 Å². The van der Waals surface area contributed by atoms with E-state index in [1.807, 2.05) is 69.2 Å². The number of carbonyl (C=O) groups excluding carboxylic acids is 6. The lowest BCUT2D eigenvalue weighted by molar-refractivity contribution is -0.156. The number of pyridine rings is 3. The molecule has 3 aromatic heterocycles. The number of cyclic esters (lactones) is 3. The average molecular weight is 1360 g/mol. The van der Waals surface area contributed by atoms with Crippen LogP contribution in [0.15, 0.2) is 59.1 Å². The first-order valence-corrected chi connectivity index (χ1v) is 31.7. The van der Waals surface area contributed by atoms with Crippen LogP contribution in [0.1, 0.15) is 101 Å². The number of hydrogen-bond donors (Lipinski definition) is 6. The highest BCUT2D eigenvalue weighted by atomic mass is 16.6. The Bertz CT molecular complexity index is 3140. The molecule has 0 aliphatic carbocycles. The molecule has 3 aromatic rings. The minimum Gasteiger partial charge on any atom is -0.503 e. The molecule has 30 nitrogen and oxygen atoms in total. The predicted octanol–water partition coefficient (Wildman–Crippen LogP) is 4.00. The first-order valence-electron chi connectivity index (χ1n) is 31.7. The molecule has 2 unspecified atom stereocenters. The number of carbonyl (C=O) groups is 6. The minimum absolute atomic E-state index is 0.00581. The van der Waals surface area contributed by atoms with Gasteiger partial charge in [0, 0.05) is 61.8 Å². The summed E-state index contributed by atoms with van der Waals surface area (Å²) in [4.78, 5) is 92.3. The molecule has 0 saturated carbocycles. The van der Waals surface area contributed by atoms with Crippen LogP contribution < -0.4 is 30.2 Å². The van der Waals surface area contributed by atoms with E-state index in [4.69, 9.17) is 71.1 Å². The molecule has 0 radical (unpaired) electrons. The highest BCUT2D eigenvalue weighted by Crippen LogP contribution is 2.31. The van der Waals surface area contributed by atoms with Gasteiger partial charge in [-0.1, -0.05) is 52.7 Å². The van der Waals surface area contributed by atoms with Gasteiger partial charge in [0.2, 0.25) is 0 Å². The molecule has 3 saturated heterocycles. The Morgan fingerprint density at radius 3 is 1.00 bits per heavy atom. The van der Waals surface area contributed by atoms with E-state index in [1.54, 1.807) is 0 Å². The summed E-state index contributed by atoms with van der Waals surface area (Å²) in [5.41, 5.74) is 2.35. The van der Waals surface area contributed by atoms with E-state index < -0.39 is 108 Å². The number of aromatic hydroxyl groups is 3. The van der Waals surface area contributed by atoms with Crippen molar-refractivity contribution in [3.63, 3.8) is 0 Å². The summed E-state index contributed by atoms with van der Waals surface area (Å²) < 4.78 is 89.3. The standard InChI is InChI=1S/C66H94N6O24/c1-35(2)20-88-52-32-94-64(79)43(70-61(76)55-58(73)46(82-11)14-17-67-55)26-85-29-49(52)90-22-37(5)41(9)39(7)24-92-51-31-87-28-45(72-63(78)57-60(75)48(84-13)16-19-69-57)66(81)96-34-54(51)93-25-40(8)42(10)38(6)23-91-50-30-86-27-44(65(80)95-33-53(50)89-21-36(3)4)71-62(77)56-59(74)47(83-12)15-18-68-56/h14-19,35-38,43-45,49-54,73-75H,20-34H2,1-13H3,(H,70,76)(H,71,77)(H,72,78)/b41-39-,42-40-/t37?,38?,43-,44+,45+,49-,50-,51-,52-,53-,54-/m0/s1. The summed E-state index contributed by atoms with van der Waals surface area (Å²) in [6, 6.07) is 0.246. The minimum atomic E-state index is -1.34. The monoisotopic (exact) mass is 1350 g/mol. The molecule has 6 N–H and O–H groups in total. The number of hydrogen-bond acceptors (Lipinski definition) is 27. The third-order valence-electron chi connectivity index (χ3n) is 16.1. The van der Waals surface area contributed by atoms with Gasteiger partial charge in [0.25, 0.3) is 17.7 Å². The van der Waals surface area contributed by atoms with E-state index in [-0.39, 0.29) is 144 Å². The van der Waals surface area contributed by atoms with Gasteiger partial charge in [0.1, 0.15) is 56.4 Å². The fourth-order valence-corrected chi connectivity index (χ4v) is 9.72. The summed E-state index contributed by atoms with van der Waals surface area (Å²) in [5, 5.41) is 39.4. The Morgan fingerprint density at radius 1 is 0.438 bits per heavy atom. The van der Waals surface area contributed by atoms with Gasteiger partial charge in [-0.2, -0.15) is 0 Å². The van der Waals surface area contributed by atoms with Crippen LogP contribution >= 0.6 is 0 Å². The van der Waals surface area contributed by atoms with Gasteiger partial charge in [0.05, 0.1) is 87.4 Å². The Kier molecular flexibility index (Phi) is 30.7. The lowest BCUT2D eigenvalue weighted by atomic mass is 9.98. The number of aromatic nitrogens is 3. The van der Waals surface area contributed by atoms with Crippen molar-refractivity contribution < 1.29 is 115 Å². The molecule has 3 fully saturated rings. The van der Waals surface area contributed by atoms with Gasteiger partial charge >= 0.3 is 17.9 Å². The fraction of sp³-hybridized carbons (Fsp3) is 0.621. The number of esters is 3. The van der Waals surface area contributed by atoms with Crippen molar-refractivity contribution in [2.75, 3.05) is 120 Å². The van der Waals surface area contributed by atoms with Crippen LogP contribution in [0.25, 0.3) is 0 Å². The van der Waals surface area contributed by atoms with E-state index in [9.17, 15) is 44.1 Å². The fourth-order valence-electron chi connectivity index (χ4n) is 9.72. The number of ether oxygens (including phenoxy) is 15. The van der Waals surface area contributed by atoms with Gasteiger partial charge in [-0.3, -0.25) is 14.4 Å². The van der Waals surface area contributed by atoms with Crippen LogP contribution in [-0.4, -0.2) is 241 Å². The highest BCUT2D eigenvalue weighted by Gasteiger charge is 2.37. The maximum Gasteiger partial charge on any atom is 0.331 e. The van der Waals surface area contributed by atoms with Crippen LogP contribution in [0.5, 0.6) is 34.5 Å². The summed E-state index contributed by atoms with van der Waals surface area (Å²) in [6.45, 7) is 18.6. The number of amides is 3. The Morgan fingerprint density at radius 2 is 0.708 bits per heavy atom. The quantitative estimate of drug-likeness (QED) is 0.0325. The summed E-state index contributed by atoms with van der Waals surface area (Å²) >= 11 is 0. The second kappa shape index (κ2) is 38.2. The molecular weight excluding hydrogens is 1260 g/mol. The normalized spacial score (nSPS) is 23.5. The molecule has 96 heavy (non-hydrogen) atoms. The molecular formula is C66H94N6O24. The summed E-state index contributed by atoms with van der Waals surface area (Å²) in [6.07, 6.45) is -0.933. The van der Waals surface area contributed by atoms with Crippen LogP contribution in [0, 0.1) is 23.7 Å². The van der Waals surface area contributed by atoms with Crippen molar-refractivity contribution in [2.24, 2.45) is 23.7 Å². The number of nitrogens with one attached hydrogen (secondary N) is 3. The Hall–Kier alpha value is -7.81. The largest absolute Gasteiger partial charge is 0.503 e. The van der Waals surface area contributed by atoms with Crippen LogP contribution in [0.3, 0.4) is 0 Å². The molecule has 0 aromatic carbocycles. The molecule has 3 amide bonds. The number of rotatable bonds is 29. The van der Waals surface area contributed by atoms with Crippen LogP contribution in [0.2, 0.25) is 0 Å². The Balaban J connectivity index is 1.14. The molecule has 3 aliphatic heterocycles. The zero-order valence-corrected chi connectivity index (χ0v) is 56.8. The van der Waals surface area contributed by atoms with E-state index in [0.29, 0.717) is 13.2 Å². The third kappa shape index (κ3) is 22.4. The summed E-state index contributed by atoms with van der Waals surface area (Å²) in [5.74, 6) is -6.75. The topological polar surface area (TPSA) is 376 Å². The number of nitrogens with zero attached hydrogens (tertiary/aromatic N) is 3. The predicted molar refractivity (Wildman–Crippen MR) is 340 cm³/mol. The second-order valence-electron chi connectivity index (χ2n) is 24.4. The molecule has 532 valence electrons. The molecule has 3 aliphatic rings. The number of methoxy groups -OCH3 is 3. The molecule has 6 rings (SSSR count). The average Bonchev–Trinajstić information content (AvgIpc) is 0.917. The first kappa shape index (κ1) is 77.2. The lowest BCUT2D eigenvalue weighted by Crippen LogP contribution is -2.45. The molecule has 11 atom stereocenters. The first-order chi connectivity index (χ1) is 45.8. The highest BCUT2D eigenvalue weighted by molar-refractivity contribution is 5.99. The van der Waals surface area contributed by atoms with Crippen LogP contribution in [-0.2, 0) is 71.2 Å². The van der Waals surface area contributed by atoms with Gasteiger partial charge in [-0.15, -0.1) is 0 Å². The van der Waals surface area contributed by atoms with Crippen molar-refractivity contribution in [3.05, 3.63) is 76.2 Å². The van der Waals surface area contributed by atoms with Crippen molar-refractivity contribution in [2.45, 2.75) is 124 Å². The van der Waals surface area contributed by atoms with Crippen molar-refractivity contribution in [3.8, 4) is 34.5 Å². The molecule has 30 heteroatoms. The van der Waals surface area contributed by atoms with Crippen molar-refractivity contribution in [1.82, 2.24) is 30.9 Å². The van der Waals surface area contributed by atoms with E-state index in [1.165, 1.54) is 58.1 Å². The lowest BCUT2D eigenvalue weighted by Gasteiger charge is -2.29. The van der Waals surface area contributed by atoms with Crippen molar-refractivity contribution in [1.29, 1.82) is 0 Å². The zero-order chi connectivity index (χ0) is 70.2. The maximum absolute atomic E-state index is 13.8. The third-order valence-corrected chi connectivity index (χ3v) is 16.1. The zero-order valence-electron chi connectivity index (χ0n) is 56.8. The van der Waals surface area contributed by atoms with Gasteiger partial charge < -0.3 is 102 Å². The second-order valence-corrected chi connectivity index (χ2v) is 24.4. The van der Waals surface area contributed by atoms with Gasteiger partial charge in [-0.05, 0) is 50.7 Å². The molecule has 0 bridgehead atoms. The smallest absolute Gasteiger partial charge is 0.331 e. The van der Waals surface area contributed by atoms with E-state index in [0.717, 1.165) is 22.3 Å². The SMILES string of the molecule is COc1ccnc(C(=O)N[C@H]2COC[C@H](OCC(C)/C(C)=C(/C)CO[C@H]3COC[C@@H](NC(=O)c4nccc(OC)c4O)C(=O)OC[C@@H]3OC/C(C)=C(/C)C(C)CO[C@H]3COC[C@@H](NC(=O)c4nccc(OC)c4O)C(=O)OC[C@@H]3OCC(C)C)[C@@H](OCC(C)C)COC2=O)c1O. The maximum atomic E-state index is 13.8. The molecule has 6 heterocycles. The molecule has 0 spiro atoms.